The Morgan fingerprint density at radius 1 is 1.25 bits per heavy atom. The standard InChI is InChI=1S/C22H22Cl2N2OS/c1-28-18-10-8-16(9-11-18)19-6-2-3-7-20(19)26(14-13-25)21(27)17-5-4-12-22(23,24)15-17/h2-3,6-11,17H,4-5,12,14-15H2,1H3. The second kappa shape index (κ2) is 9.22. The molecule has 0 heterocycles. The maximum Gasteiger partial charge on any atom is 0.231 e. The molecule has 0 N–H and O–H groups in total. The van der Waals surface area contributed by atoms with E-state index in [4.69, 9.17) is 23.2 Å². The topological polar surface area (TPSA) is 44.1 Å². The Morgan fingerprint density at radius 3 is 2.61 bits per heavy atom. The average Bonchev–Trinajstić information content (AvgIpc) is 2.71. The van der Waals surface area contributed by atoms with Gasteiger partial charge < -0.3 is 0 Å². The highest BCUT2D eigenvalue weighted by atomic mass is 35.5. The summed E-state index contributed by atoms with van der Waals surface area (Å²) in [7, 11) is 0. The molecule has 146 valence electrons. The number of carbonyl (C=O) groups excluding carboxylic acids is 1. The van der Waals surface area contributed by atoms with Crippen molar-refractivity contribution in [3.8, 4) is 17.2 Å². The highest BCUT2D eigenvalue weighted by Gasteiger charge is 2.38. The number of halogens is 2. The van der Waals surface area contributed by atoms with Crippen LogP contribution in [0.2, 0.25) is 0 Å². The van der Waals surface area contributed by atoms with Crippen molar-refractivity contribution in [1.29, 1.82) is 5.26 Å². The van der Waals surface area contributed by atoms with E-state index in [2.05, 4.69) is 18.2 Å². The number of nitriles is 1. The monoisotopic (exact) mass is 432 g/mol. The minimum atomic E-state index is -0.871. The van der Waals surface area contributed by atoms with E-state index in [1.165, 1.54) is 4.90 Å². The molecule has 0 aliphatic heterocycles. The first-order chi connectivity index (χ1) is 13.4. The van der Waals surface area contributed by atoms with Crippen molar-refractivity contribution in [3.63, 3.8) is 0 Å². The van der Waals surface area contributed by atoms with Crippen LogP contribution in [0.1, 0.15) is 25.7 Å². The molecule has 1 aliphatic carbocycles. The molecular weight excluding hydrogens is 411 g/mol. The van der Waals surface area contributed by atoms with Gasteiger partial charge in [-0.15, -0.1) is 35.0 Å². The van der Waals surface area contributed by atoms with E-state index in [1.54, 1.807) is 16.7 Å². The Balaban J connectivity index is 1.96. The van der Waals surface area contributed by atoms with Crippen LogP contribution in [0.4, 0.5) is 5.69 Å². The van der Waals surface area contributed by atoms with E-state index >= 15 is 0 Å². The molecule has 0 aromatic heterocycles. The third-order valence-electron chi connectivity index (χ3n) is 5.08. The maximum atomic E-state index is 13.3. The van der Waals surface area contributed by atoms with Gasteiger partial charge in [0.15, 0.2) is 0 Å². The number of rotatable bonds is 5. The third kappa shape index (κ3) is 4.84. The van der Waals surface area contributed by atoms with Crippen LogP contribution in [0, 0.1) is 17.2 Å². The summed E-state index contributed by atoms with van der Waals surface area (Å²) in [5.74, 6) is -0.357. The summed E-state index contributed by atoms with van der Waals surface area (Å²) in [6.07, 6.45) is 4.69. The van der Waals surface area contributed by atoms with Gasteiger partial charge in [0.1, 0.15) is 10.9 Å². The van der Waals surface area contributed by atoms with E-state index in [9.17, 15) is 10.1 Å². The zero-order valence-corrected chi connectivity index (χ0v) is 18.0. The summed E-state index contributed by atoms with van der Waals surface area (Å²) in [5.41, 5.74) is 2.68. The third-order valence-corrected chi connectivity index (χ3v) is 6.51. The summed E-state index contributed by atoms with van der Waals surface area (Å²) in [6, 6.07) is 18.1. The number of anilines is 1. The van der Waals surface area contributed by atoms with Crippen LogP contribution < -0.4 is 4.90 Å². The van der Waals surface area contributed by atoms with E-state index in [0.29, 0.717) is 12.8 Å². The number of hydrogen-bond acceptors (Lipinski definition) is 3. The number of alkyl halides is 2. The molecule has 3 nitrogen and oxygen atoms in total. The lowest BCUT2D eigenvalue weighted by Gasteiger charge is -2.34. The molecule has 0 bridgehead atoms. The SMILES string of the molecule is CSc1ccc(-c2ccccc2N(CC#N)C(=O)C2CCCC(Cl)(Cl)C2)cc1. The van der Waals surface area contributed by atoms with Crippen LogP contribution in [0.5, 0.6) is 0 Å². The zero-order valence-electron chi connectivity index (χ0n) is 15.7. The average molecular weight is 433 g/mol. The van der Waals surface area contributed by atoms with Gasteiger partial charge >= 0.3 is 0 Å². The molecular formula is C22H22Cl2N2OS. The van der Waals surface area contributed by atoms with Crippen molar-refractivity contribution in [1.82, 2.24) is 0 Å². The van der Waals surface area contributed by atoms with Gasteiger partial charge in [-0.3, -0.25) is 9.69 Å². The molecule has 2 aromatic carbocycles. The molecule has 1 atom stereocenters. The summed E-state index contributed by atoms with van der Waals surface area (Å²) in [6.45, 7) is -0.00713. The lowest BCUT2D eigenvalue weighted by Crippen LogP contribution is -2.40. The summed E-state index contributed by atoms with van der Waals surface area (Å²) in [4.78, 5) is 16.1. The molecule has 3 rings (SSSR count). The molecule has 1 aliphatic rings. The quantitative estimate of drug-likeness (QED) is 0.316. The Bertz CT molecular complexity index is 877. The van der Waals surface area contributed by atoms with Crippen molar-refractivity contribution >= 4 is 46.6 Å². The number of benzene rings is 2. The van der Waals surface area contributed by atoms with Gasteiger partial charge in [0, 0.05) is 16.4 Å². The van der Waals surface area contributed by atoms with Crippen LogP contribution in [0.25, 0.3) is 11.1 Å². The van der Waals surface area contributed by atoms with Crippen molar-refractivity contribution in [2.45, 2.75) is 34.9 Å². The molecule has 6 heteroatoms. The normalized spacial score (nSPS) is 18.3. The van der Waals surface area contributed by atoms with Gasteiger partial charge in [0.2, 0.25) is 5.91 Å². The number of hydrogen-bond donors (Lipinski definition) is 0. The largest absolute Gasteiger partial charge is 0.298 e. The molecule has 2 aromatic rings. The lowest BCUT2D eigenvalue weighted by molar-refractivity contribution is -0.123. The Kier molecular flexibility index (Phi) is 6.93. The van der Waals surface area contributed by atoms with Crippen molar-refractivity contribution in [2.24, 2.45) is 5.92 Å². The Labute approximate surface area is 180 Å². The highest BCUT2D eigenvalue weighted by molar-refractivity contribution is 7.98. The number of carbonyl (C=O) groups is 1. The molecule has 0 saturated heterocycles. The van der Waals surface area contributed by atoms with Crippen LogP contribution in [0.15, 0.2) is 53.4 Å². The van der Waals surface area contributed by atoms with Crippen LogP contribution in [-0.2, 0) is 4.79 Å². The predicted molar refractivity (Wildman–Crippen MR) is 118 cm³/mol. The van der Waals surface area contributed by atoms with Crippen LogP contribution in [0.3, 0.4) is 0 Å². The van der Waals surface area contributed by atoms with Gasteiger partial charge in [0.25, 0.3) is 0 Å². The number of nitrogens with zero attached hydrogens (tertiary/aromatic N) is 2. The molecule has 1 amide bonds. The van der Waals surface area contributed by atoms with E-state index < -0.39 is 4.33 Å². The first-order valence-electron chi connectivity index (χ1n) is 9.25. The number of thioether (sulfide) groups is 1. The minimum Gasteiger partial charge on any atom is -0.298 e. The highest BCUT2D eigenvalue weighted by Crippen LogP contribution is 2.42. The second-order valence-corrected chi connectivity index (χ2v) is 9.50. The van der Waals surface area contributed by atoms with Gasteiger partial charge in [-0.1, -0.05) is 30.3 Å². The van der Waals surface area contributed by atoms with Crippen LogP contribution >= 0.6 is 35.0 Å². The number of para-hydroxylation sites is 1. The first-order valence-corrected chi connectivity index (χ1v) is 11.2. The van der Waals surface area contributed by atoms with Crippen molar-refractivity contribution in [2.75, 3.05) is 17.7 Å². The molecule has 0 spiro atoms. The maximum absolute atomic E-state index is 13.3. The minimum absolute atomic E-state index is 0.00713. The van der Waals surface area contributed by atoms with Gasteiger partial charge in [-0.05, 0) is 55.7 Å². The molecule has 1 saturated carbocycles. The molecule has 1 fully saturated rings. The fraction of sp³-hybridized carbons (Fsp3) is 0.364. The second-order valence-electron chi connectivity index (χ2n) is 6.98. The summed E-state index contributed by atoms with van der Waals surface area (Å²) < 4.78 is -0.871. The van der Waals surface area contributed by atoms with E-state index in [0.717, 1.165) is 29.7 Å². The molecule has 1 unspecified atom stereocenters. The van der Waals surface area contributed by atoms with Gasteiger partial charge in [-0.25, -0.2) is 0 Å². The number of amides is 1. The molecule has 0 radical (unpaired) electrons. The molecule has 28 heavy (non-hydrogen) atoms. The fourth-order valence-electron chi connectivity index (χ4n) is 3.68. The van der Waals surface area contributed by atoms with Crippen molar-refractivity contribution in [3.05, 3.63) is 48.5 Å². The predicted octanol–water partition coefficient (Wildman–Crippen LogP) is 6.30. The smallest absolute Gasteiger partial charge is 0.231 e. The Morgan fingerprint density at radius 2 is 1.96 bits per heavy atom. The fourth-order valence-corrected chi connectivity index (χ4v) is 4.73. The van der Waals surface area contributed by atoms with E-state index in [1.807, 2.05) is 42.7 Å². The first kappa shape index (κ1) is 21.0. The Hall–Kier alpha value is -1.67. The van der Waals surface area contributed by atoms with Crippen molar-refractivity contribution < 1.29 is 4.79 Å². The van der Waals surface area contributed by atoms with Crippen LogP contribution in [-0.4, -0.2) is 23.0 Å². The van der Waals surface area contributed by atoms with Gasteiger partial charge in [-0.2, -0.15) is 5.26 Å². The zero-order chi connectivity index (χ0) is 20.1. The summed E-state index contributed by atoms with van der Waals surface area (Å²) >= 11 is 14.3. The lowest BCUT2D eigenvalue weighted by atomic mass is 9.87. The van der Waals surface area contributed by atoms with Gasteiger partial charge in [0.05, 0.1) is 11.8 Å². The van der Waals surface area contributed by atoms with E-state index in [-0.39, 0.29) is 18.4 Å². The summed E-state index contributed by atoms with van der Waals surface area (Å²) in [5, 5.41) is 9.38.